The molecule has 2 amide bonds. The topological polar surface area (TPSA) is 86.4 Å². The maximum absolute atomic E-state index is 12.9. The summed E-state index contributed by atoms with van der Waals surface area (Å²) < 4.78 is 12.9. The molecule has 0 saturated heterocycles. The van der Waals surface area contributed by atoms with Crippen molar-refractivity contribution < 1.29 is 18.9 Å². The van der Waals surface area contributed by atoms with Gasteiger partial charge < -0.3 is 15.5 Å². The Morgan fingerprint density at radius 3 is 2.19 bits per heavy atom. The minimum Gasteiger partial charge on any atom is -0.321 e. The molecule has 2 aromatic rings. The molecule has 0 aliphatic heterocycles. The first-order chi connectivity index (χ1) is 12.4. The van der Waals surface area contributed by atoms with Crippen LogP contribution in [0.5, 0.6) is 0 Å². The molecular weight excluding hydrogens is 335 g/mol. The largest absolute Gasteiger partial charge is 0.321 e. The Morgan fingerprint density at radius 1 is 1.08 bits per heavy atom. The van der Waals surface area contributed by atoms with E-state index in [0.717, 1.165) is 0 Å². The molecule has 0 aromatic heterocycles. The predicted molar refractivity (Wildman–Crippen MR) is 96.0 cm³/mol. The van der Waals surface area contributed by atoms with Crippen molar-refractivity contribution >= 4 is 23.2 Å². The number of carbonyl (C=O) groups excluding carboxylic acids is 2. The van der Waals surface area contributed by atoms with Gasteiger partial charge >= 0.3 is 0 Å². The Kier molecular flexibility index (Phi) is 6.42. The summed E-state index contributed by atoms with van der Waals surface area (Å²) in [5.41, 5.74) is 1.60. The van der Waals surface area contributed by atoms with Crippen LogP contribution >= 0.6 is 0 Å². The lowest BCUT2D eigenvalue weighted by molar-refractivity contribution is -0.885. The first-order valence-electron chi connectivity index (χ1n) is 8.08. The van der Waals surface area contributed by atoms with Crippen molar-refractivity contribution in [1.82, 2.24) is 0 Å². The zero-order valence-electron chi connectivity index (χ0n) is 14.5. The number of amides is 2. The standard InChI is InChI=1S/C19H19FN4O2/c1-13(19(26)23-17-7-3-14(11-21)4-8-17)24(2)12-18(25)22-16-9-5-15(20)6-10-16/h3-10,13H,12H2,1-2H3,(H,22,25)(H,23,26)/p+1/t13-/m1/s1. The Bertz CT molecular complexity index is 813. The number of anilines is 2. The Labute approximate surface area is 151 Å². The lowest BCUT2D eigenvalue weighted by Gasteiger charge is -2.20. The Hall–Kier alpha value is -3.24. The first-order valence-corrected chi connectivity index (χ1v) is 8.08. The highest BCUT2D eigenvalue weighted by atomic mass is 19.1. The molecule has 0 aliphatic carbocycles. The van der Waals surface area contributed by atoms with Gasteiger partial charge in [-0.1, -0.05) is 0 Å². The van der Waals surface area contributed by atoms with Crippen molar-refractivity contribution in [2.24, 2.45) is 0 Å². The smallest absolute Gasteiger partial charge is 0.282 e. The van der Waals surface area contributed by atoms with Gasteiger partial charge in [0.15, 0.2) is 12.6 Å². The molecule has 1 unspecified atom stereocenters. The van der Waals surface area contributed by atoms with Gasteiger partial charge in [-0.25, -0.2) is 4.39 Å². The number of hydrogen-bond donors (Lipinski definition) is 3. The Morgan fingerprint density at radius 2 is 1.62 bits per heavy atom. The van der Waals surface area contributed by atoms with Crippen LogP contribution in [0.4, 0.5) is 15.8 Å². The monoisotopic (exact) mass is 355 g/mol. The number of likely N-dealkylation sites (N-methyl/N-ethyl adjacent to an activating group) is 1. The summed E-state index contributed by atoms with van der Waals surface area (Å²) in [7, 11) is 1.74. The minimum absolute atomic E-state index is 0.0827. The SMILES string of the molecule is C[C@H](C(=O)Nc1ccc(C#N)cc1)[NH+](C)CC(=O)Nc1ccc(F)cc1. The van der Waals surface area contributed by atoms with Crippen LogP contribution in [0, 0.1) is 17.1 Å². The molecule has 0 saturated carbocycles. The van der Waals surface area contributed by atoms with Crippen molar-refractivity contribution in [3.8, 4) is 6.07 Å². The summed E-state index contributed by atoms with van der Waals surface area (Å²) in [5.74, 6) is -0.882. The van der Waals surface area contributed by atoms with Crippen LogP contribution < -0.4 is 15.5 Å². The van der Waals surface area contributed by atoms with Crippen molar-refractivity contribution in [2.45, 2.75) is 13.0 Å². The maximum atomic E-state index is 12.9. The number of nitrogens with one attached hydrogen (secondary N) is 3. The van der Waals surface area contributed by atoms with E-state index in [9.17, 15) is 14.0 Å². The van der Waals surface area contributed by atoms with Gasteiger partial charge in [-0.15, -0.1) is 0 Å². The van der Waals surface area contributed by atoms with Gasteiger partial charge in [0, 0.05) is 11.4 Å². The molecular formula is C19H20FN4O2+. The molecule has 0 radical (unpaired) electrons. The summed E-state index contributed by atoms with van der Waals surface area (Å²) in [5, 5.41) is 14.2. The van der Waals surface area contributed by atoms with E-state index in [2.05, 4.69) is 10.6 Å². The van der Waals surface area contributed by atoms with Gasteiger partial charge in [-0.3, -0.25) is 9.59 Å². The van der Waals surface area contributed by atoms with Gasteiger partial charge in [0.25, 0.3) is 11.8 Å². The molecule has 3 N–H and O–H groups in total. The molecule has 0 bridgehead atoms. The van der Waals surface area contributed by atoms with Crippen LogP contribution in [0.15, 0.2) is 48.5 Å². The highest BCUT2D eigenvalue weighted by Gasteiger charge is 2.24. The lowest BCUT2D eigenvalue weighted by atomic mass is 10.2. The summed E-state index contributed by atoms with van der Waals surface area (Å²) in [6.45, 7) is 1.80. The summed E-state index contributed by atoms with van der Waals surface area (Å²) >= 11 is 0. The van der Waals surface area contributed by atoms with E-state index in [4.69, 9.17) is 5.26 Å². The van der Waals surface area contributed by atoms with E-state index in [1.165, 1.54) is 24.3 Å². The van der Waals surface area contributed by atoms with E-state index < -0.39 is 6.04 Å². The van der Waals surface area contributed by atoms with Crippen LogP contribution in [-0.4, -0.2) is 31.4 Å². The molecule has 2 rings (SSSR count). The van der Waals surface area contributed by atoms with Crippen LogP contribution in [0.3, 0.4) is 0 Å². The molecule has 6 nitrogen and oxygen atoms in total. The molecule has 7 heteroatoms. The quantitative estimate of drug-likeness (QED) is 0.727. The van der Waals surface area contributed by atoms with Gasteiger partial charge in [0.2, 0.25) is 0 Å². The molecule has 0 fully saturated rings. The van der Waals surface area contributed by atoms with E-state index in [1.54, 1.807) is 38.2 Å². The van der Waals surface area contributed by atoms with Gasteiger partial charge in [0.1, 0.15) is 5.82 Å². The van der Waals surface area contributed by atoms with E-state index in [0.29, 0.717) is 21.8 Å². The van der Waals surface area contributed by atoms with Crippen LogP contribution in [0.25, 0.3) is 0 Å². The van der Waals surface area contributed by atoms with Crippen molar-refractivity contribution in [3.05, 3.63) is 59.9 Å². The summed E-state index contributed by atoms with van der Waals surface area (Å²) in [4.78, 5) is 25.1. The average molecular weight is 355 g/mol. The number of rotatable bonds is 6. The molecule has 0 aliphatic rings. The van der Waals surface area contributed by atoms with E-state index >= 15 is 0 Å². The molecule has 0 spiro atoms. The number of benzene rings is 2. The fraction of sp³-hybridized carbons (Fsp3) is 0.211. The normalized spacial score (nSPS) is 12.5. The number of halogens is 1. The van der Waals surface area contributed by atoms with E-state index in [1.807, 2.05) is 6.07 Å². The van der Waals surface area contributed by atoms with E-state index in [-0.39, 0.29) is 24.2 Å². The van der Waals surface area contributed by atoms with Crippen molar-refractivity contribution in [1.29, 1.82) is 5.26 Å². The second-order valence-corrected chi connectivity index (χ2v) is 5.98. The van der Waals surface area contributed by atoms with Crippen LogP contribution in [-0.2, 0) is 9.59 Å². The lowest BCUT2D eigenvalue weighted by Crippen LogP contribution is -3.14. The minimum atomic E-state index is -0.468. The second kappa shape index (κ2) is 8.74. The van der Waals surface area contributed by atoms with Gasteiger partial charge in [-0.05, 0) is 55.5 Å². The number of quaternary nitrogens is 1. The number of carbonyl (C=O) groups is 2. The Balaban J connectivity index is 1.87. The van der Waals surface area contributed by atoms with Gasteiger partial charge in [0.05, 0.1) is 18.7 Å². The fourth-order valence-electron chi connectivity index (χ4n) is 2.25. The second-order valence-electron chi connectivity index (χ2n) is 5.98. The number of hydrogen-bond acceptors (Lipinski definition) is 3. The fourth-order valence-corrected chi connectivity index (χ4v) is 2.25. The summed E-state index contributed by atoms with van der Waals surface area (Å²) in [6.07, 6.45) is 0. The third-order valence-corrected chi connectivity index (χ3v) is 3.98. The zero-order chi connectivity index (χ0) is 19.1. The number of nitrogens with zero attached hydrogens (tertiary/aromatic N) is 1. The van der Waals surface area contributed by atoms with Crippen LogP contribution in [0.2, 0.25) is 0 Å². The molecule has 26 heavy (non-hydrogen) atoms. The van der Waals surface area contributed by atoms with Crippen LogP contribution in [0.1, 0.15) is 12.5 Å². The predicted octanol–water partition coefficient (Wildman–Crippen LogP) is 1.18. The van der Waals surface area contributed by atoms with Crippen molar-refractivity contribution in [2.75, 3.05) is 24.2 Å². The number of nitriles is 1. The van der Waals surface area contributed by atoms with Gasteiger partial charge in [-0.2, -0.15) is 5.26 Å². The maximum Gasteiger partial charge on any atom is 0.282 e. The third-order valence-electron chi connectivity index (χ3n) is 3.98. The zero-order valence-corrected chi connectivity index (χ0v) is 14.5. The average Bonchev–Trinajstić information content (AvgIpc) is 2.63. The highest BCUT2D eigenvalue weighted by Crippen LogP contribution is 2.09. The highest BCUT2D eigenvalue weighted by molar-refractivity contribution is 5.94. The third kappa shape index (κ3) is 5.40. The molecule has 2 atom stereocenters. The van der Waals surface area contributed by atoms with Crippen molar-refractivity contribution in [3.63, 3.8) is 0 Å². The summed E-state index contributed by atoms with van der Waals surface area (Å²) in [6, 6.07) is 13.6. The molecule has 0 heterocycles. The molecule has 2 aromatic carbocycles. The molecule has 134 valence electrons. The first kappa shape index (κ1) is 19.1.